The van der Waals surface area contributed by atoms with Crippen molar-refractivity contribution < 1.29 is 17.2 Å². The van der Waals surface area contributed by atoms with Gasteiger partial charge in [0.05, 0.1) is 0 Å². The van der Waals surface area contributed by atoms with E-state index in [1.165, 1.54) is 0 Å². The van der Waals surface area contributed by atoms with Gasteiger partial charge in [-0.15, -0.1) is 0 Å². The smallest absolute Gasteiger partial charge is 0.221 e. The molecule has 100 valence electrons. The summed E-state index contributed by atoms with van der Waals surface area (Å²) in [5.74, 6) is -1.95. The van der Waals surface area contributed by atoms with E-state index >= 15 is 0 Å². The highest BCUT2D eigenvalue weighted by Gasteiger charge is 2.29. The second kappa shape index (κ2) is 4.97. The van der Waals surface area contributed by atoms with E-state index in [-0.39, 0.29) is 5.70 Å². The fourth-order valence-electron chi connectivity index (χ4n) is 1.87. The van der Waals surface area contributed by atoms with Gasteiger partial charge in [0, 0.05) is 12.2 Å². The van der Waals surface area contributed by atoms with E-state index in [1.807, 2.05) is 0 Å². The van der Waals surface area contributed by atoms with Crippen LogP contribution in [0.4, 0.5) is 8.78 Å². The average Bonchev–Trinajstić information content (AvgIpc) is 2.86. The Bertz CT molecular complexity index is 682. The first kappa shape index (κ1) is 13.5. The largest absolute Gasteiger partial charge is 0.387 e. The van der Waals surface area contributed by atoms with Crippen LogP contribution in [-0.2, 0) is 9.84 Å². The molecule has 0 bridgehead atoms. The molecule has 1 fully saturated rings. The predicted molar refractivity (Wildman–Crippen MR) is 63.4 cm³/mol. The summed E-state index contributed by atoms with van der Waals surface area (Å²) in [6.07, 6.45) is 1.10. The molecular weight excluding hydrogens is 274 g/mol. The van der Waals surface area contributed by atoms with Gasteiger partial charge in [-0.1, -0.05) is 0 Å². The Morgan fingerprint density at radius 2 is 2.11 bits per heavy atom. The van der Waals surface area contributed by atoms with Crippen LogP contribution < -0.4 is 5.32 Å². The van der Waals surface area contributed by atoms with Gasteiger partial charge in [0.25, 0.3) is 0 Å². The lowest BCUT2D eigenvalue weighted by Gasteiger charge is -2.07. The Labute approximate surface area is 109 Å². The zero-order chi connectivity index (χ0) is 14.0. The predicted octanol–water partition coefficient (Wildman–Crippen LogP) is 1.86. The van der Waals surface area contributed by atoms with Crippen LogP contribution in [0.1, 0.15) is 12.8 Å². The van der Waals surface area contributed by atoms with E-state index in [4.69, 9.17) is 5.26 Å². The standard InChI is InChI=1S/C12H10F2N2O2S/c13-8-3-4-9(14)11(6-8)19(17,18)12(7-15)10-2-1-5-16-10/h3-4,6,16H,1-2,5H2. The minimum absolute atomic E-state index is 0.256. The number of benzene rings is 1. The van der Waals surface area contributed by atoms with Crippen LogP contribution in [0.15, 0.2) is 33.7 Å². The maximum Gasteiger partial charge on any atom is 0.221 e. The molecule has 0 atom stereocenters. The zero-order valence-electron chi connectivity index (χ0n) is 9.78. The maximum atomic E-state index is 13.6. The minimum Gasteiger partial charge on any atom is -0.387 e. The van der Waals surface area contributed by atoms with Crippen molar-refractivity contribution >= 4 is 9.84 Å². The van der Waals surface area contributed by atoms with Gasteiger partial charge in [-0.25, -0.2) is 17.2 Å². The Hall–Kier alpha value is -1.94. The first-order chi connectivity index (χ1) is 8.96. The van der Waals surface area contributed by atoms with Crippen molar-refractivity contribution in [3.05, 3.63) is 40.4 Å². The van der Waals surface area contributed by atoms with Crippen molar-refractivity contribution in [3.63, 3.8) is 0 Å². The number of allylic oxidation sites excluding steroid dienone is 2. The minimum atomic E-state index is -4.35. The van der Waals surface area contributed by atoms with E-state index in [9.17, 15) is 17.2 Å². The summed E-state index contributed by atoms with van der Waals surface area (Å²) >= 11 is 0. The highest BCUT2D eigenvalue weighted by atomic mass is 32.2. The molecule has 0 amide bonds. The third-order valence-electron chi connectivity index (χ3n) is 2.77. The summed E-state index contributed by atoms with van der Waals surface area (Å²) in [6, 6.07) is 3.70. The molecule has 0 aliphatic carbocycles. The van der Waals surface area contributed by atoms with Gasteiger partial charge in [-0.05, 0) is 31.0 Å². The van der Waals surface area contributed by atoms with Crippen LogP contribution in [0.2, 0.25) is 0 Å². The van der Waals surface area contributed by atoms with Gasteiger partial charge in [-0.2, -0.15) is 5.26 Å². The highest BCUT2D eigenvalue weighted by Crippen LogP contribution is 2.27. The van der Waals surface area contributed by atoms with Gasteiger partial charge >= 0.3 is 0 Å². The summed E-state index contributed by atoms with van der Waals surface area (Å²) in [7, 11) is -4.35. The molecule has 2 rings (SSSR count). The third-order valence-corrected chi connectivity index (χ3v) is 4.54. The topological polar surface area (TPSA) is 70.0 Å². The van der Waals surface area contributed by atoms with Crippen molar-refractivity contribution in [2.24, 2.45) is 0 Å². The summed E-state index contributed by atoms with van der Waals surface area (Å²) in [5.41, 5.74) is 0.256. The first-order valence-corrected chi connectivity index (χ1v) is 7.02. The molecule has 19 heavy (non-hydrogen) atoms. The number of nitriles is 1. The van der Waals surface area contributed by atoms with Crippen LogP contribution in [0.5, 0.6) is 0 Å². The normalized spacial score (nSPS) is 17.7. The van der Waals surface area contributed by atoms with E-state index in [0.717, 1.165) is 12.1 Å². The molecule has 0 spiro atoms. The molecule has 0 aromatic heterocycles. The number of sulfone groups is 1. The van der Waals surface area contributed by atoms with Gasteiger partial charge in [0.15, 0.2) is 4.91 Å². The quantitative estimate of drug-likeness (QED) is 0.841. The van der Waals surface area contributed by atoms with Crippen LogP contribution >= 0.6 is 0 Å². The van der Waals surface area contributed by atoms with E-state index < -0.39 is 31.3 Å². The molecule has 1 aromatic carbocycles. The fourth-order valence-corrected chi connectivity index (χ4v) is 3.30. The van der Waals surface area contributed by atoms with E-state index in [0.29, 0.717) is 25.5 Å². The van der Waals surface area contributed by atoms with Gasteiger partial charge in [0.1, 0.15) is 22.6 Å². The van der Waals surface area contributed by atoms with Gasteiger partial charge < -0.3 is 5.32 Å². The van der Waals surface area contributed by atoms with Crippen LogP contribution in [-0.4, -0.2) is 15.0 Å². The zero-order valence-corrected chi connectivity index (χ0v) is 10.6. The molecule has 4 nitrogen and oxygen atoms in total. The molecule has 1 saturated heterocycles. The van der Waals surface area contributed by atoms with Gasteiger partial charge in [-0.3, -0.25) is 0 Å². The molecule has 7 heteroatoms. The lowest BCUT2D eigenvalue weighted by Crippen LogP contribution is -2.14. The van der Waals surface area contributed by atoms with E-state index in [2.05, 4.69) is 5.32 Å². The molecular formula is C12H10F2N2O2S. The van der Waals surface area contributed by atoms with Crippen molar-refractivity contribution in [2.75, 3.05) is 6.54 Å². The Kier molecular flexibility index (Phi) is 3.53. The van der Waals surface area contributed by atoms with Gasteiger partial charge in [0.2, 0.25) is 9.84 Å². The molecule has 1 aromatic rings. The van der Waals surface area contributed by atoms with Crippen molar-refractivity contribution in [1.82, 2.24) is 5.32 Å². The van der Waals surface area contributed by atoms with Crippen LogP contribution in [0.25, 0.3) is 0 Å². The second-order valence-electron chi connectivity index (χ2n) is 4.03. The lowest BCUT2D eigenvalue weighted by atomic mass is 10.3. The van der Waals surface area contributed by atoms with Crippen molar-refractivity contribution in [1.29, 1.82) is 5.26 Å². The van der Waals surface area contributed by atoms with Crippen LogP contribution in [0.3, 0.4) is 0 Å². The third kappa shape index (κ3) is 2.44. The Morgan fingerprint density at radius 3 is 2.68 bits per heavy atom. The summed E-state index contributed by atoms with van der Waals surface area (Å²) in [6.45, 7) is 0.557. The fraction of sp³-hybridized carbons (Fsp3) is 0.250. The second-order valence-corrected chi connectivity index (χ2v) is 5.88. The molecule has 1 aliphatic heterocycles. The number of nitrogens with zero attached hydrogens (tertiary/aromatic N) is 1. The van der Waals surface area contributed by atoms with E-state index in [1.54, 1.807) is 6.07 Å². The molecule has 1 N–H and O–H groups in total. The number of rotatable bonds is 2. The molecule has 0 saturated carbocycles. The summed E-state index contributed by atoms with van der Waals surface area (Å²) in [5, 5.41) is 11.8. The SMILES string of the molecule is N#CC(=C1CCCN1)S(=O)(=O)c1cc(F)ccc1F. The number of halogens is 2. The Balaban J connectivity index is 2.62. The number of hydrogen-bond donors (Lipinski definition) is 1. The molecule has 0 radical (unpaired) electrons. The molecule has 1 heterocycles. The number of nitrogens with one attached hydrogen (secondary N) is 1. The van der Waals surface area contributed by atoms with Crippen molar-refractivity contribution in [3.8, 4) is 6.07 Å². The summed E-state index contributed by atoms with van der Waals surface area (Å²) < 4.78 is 51.0. The monoisotopic (exact) mass is 284 g/mol. The average molecular weight is 284 g/mol. The van der Waals surface area contributed by atoms with Crippen molar-refractivity contribution in [2.45, 2.75) is 17.7 Å². The first-order valence-electron chi connectivity index (χ1n) is 5.54. The highest BCUT2D eigenvalue weighted by molar-refractivity contribution is 7.95. The molecule has 0 unspecified atom stereocenters. The lowest BCUT2D eigenvalue weighted by molar-refractivity contribution is 0.556. The number of hydrogen-bond acceptors (Lipinski definition) is 4. The summed E-state index contributed by atoms with van der Waals surface area (Å²) in [4.78, 5) is -1.36. The molecule has 1 aliphatic rings. The maximum absolute atomic E-state index is 13.6. The Morgan fingerprint density at radius 1 is 1.37 bits per heavy atom. The van der Waals surface area contributed by atoms with Crippen LogP contribution in [0, 0.1) is 23.0 Å².